The Kier molecular flexibility index (Phi) is 10.7. The molecule has 0 fully saturated rings. The Morgan fingerprint density at radius 1 is 1.09 bits per heavy atom. The quantitative estimate of drug-likeness (QED) is 0.448. The van der Waals surface area contributed by atoms with Gasteiger partial charge in [0.15, 0.2) is 0 Å². The molecule has 0 aromatic rings. The van der Waals surface area contributed by atoms with E-state index in [9.17, 15) is 9.59 Å². The molecule has 0 aromatic heterocycles. The van der Waals surface area contributed by atoms with E-state index in [1.54, 1.807) is 4.90 Å². The van der Waals surface area contributed by atoms with Crippen molar-refractivity contribution in [3.63, 3.8) is 0 Å². The molecule has 23 heavy (non-hydrogen) atoms. The molecule has 2 amide bonds. The Labute approximate surface area is 148 Å². The molecule has 0 atom stereocenters. The van der Waals surface area contributed by atoms with E-state index >= 15 is 0 Å². The maximum Gasteiger partial charge on any atom is 0.316 e. The van der Waals surface area contributed by atoms with Crippen LogP contribution in [-0.4, -0.2) is 29.8 Å². The molecule has 130 valence electrons. The summed E-state index contributed by atoms with van der Waals surface area (Å²) < 4.78 is 0.716. The van der Waals surface area contributed by atoms with Crippen LogP contribution >= 0.6 is 15.9 Å². The minimum atomic E-state index is -0.505. The minimum absolute atomic E-state index is 0.464. The van der Waals surface area contributed by atoms with Crippen LogP contribution in [0.2, 0.25) is 0 Å². The molecule has 1 aliphatic heterocycles. The van der Waals surface area contributed by atoms with Gasteiger partial charge < -0.3 is 5.32 Å². The number of nitrogens with one attached hydrogen (secondary N) is 1. The lowest BCUT2D eigenvalue weighted by molar-refractivity contribution is -0.144. The Hall–Kier alpha value is -1.10. The van der Waals surface area contributed by atoms with Crippen molar-refractivity contribution in [3.05, 3.63) is 22.8 Å². The van der Waals surface area contributed by atoms with Crippen molar-refractivity contribution in [2.45, 2.75) is 64.7 Å². The van der Waals surface area contributed by atoms with E-state index in [0.717, 1.165) is 57.8 Å². The third kappa shape index (κ3) is 8.35. The van der Waals surface area contributed by atoms with Crippen LogP contribution in [0, 0.1) is 0 Å². The summed E-state index contributed by atoms with van der Waals surface area (Å²) >= 11 is 3.48. The number of unbranched alkanes of at least 4 members (excludes halogenated alkanes) is 1. The lowest BCUT2D eigenvalue weighted by Crippen LogP contribution is -2.42. The summed E-state index contributed by atoms with van der Waals surface area (Å²) in [5.41, 5.74) is 0. The SMILES string of the molecule is CCCCN1C(=O)C(=O)NCCCC/C=C\CCCCC=C1Br. The predicted molar refractivity (Wildman–Crippen MR) is 98.1 cm³/mol. The molecule has 0 bridgehead atoms. The van der Waals surface area contributed by atoms with Crippen LogP contribution in [0.4, 0.5) is 0 Å². The topological polar surface area (TPSA) is 49.4 Å². The van der Waals surface area contributed by atoms with E-state index in [4.69, 9.17) is 0 Å². The lowest BCUT2D eigenvalue weighted by Gasteiger charge is -2.21. The van der Waals surface area contributed by atoms with Gasteiger partial charge >= 0.3 is 11.8 Å². The highest BCUT2D eigenvalue weighted by Crippen LogP contribution is 2.17. The highest BCUT2D eigenvalue weighted by molar-refractivity contribution is 9.11. The normalized spacial score (nSPS) is 20.8. The number of amides is 2. The summed E-state index contributed by atoms with van der Waals surface area (Å²) in [6.07, 6.45) is 15.6. The number of hydrogen-bond acceptors (Lipinski definition) is 2. The third-order valence-electron chi connectivity index (χ3n) is 3.82. The molecule has 0 aliphatic carbocycles. The Bertz CT molecular complexity index is 433. The summed E-state index contributed by atoms with van der Waals surface area (Å²) in [6, 6.07) is 0. The maximum absolute atomic E-state index is 12.4. The number of rotatable bonds is 3. The van der Waals surface area contributed by atoms with Gasteiger partial charge in [-0.2, -0.15) is 0 Å². The molecule has 1 heterocycles. The molecule has 0 saturated heterocycles. The van der Waals surface area contributed by atoms with Crippen LogP contribution in [0.1, 0.15) is 64.7 Å². The average Bonchev–Trinajstić information content (AvgIpc) is 2.54. The van der Waals surface area contributed by atoms with E-state index in [-0.39, 0.29) is 0 Å². The summed E-state index contributed by atoms with van der Waals surface area (Å²) in [4.78, 5) is 26.0. The van der Waals surface area contributed by atoms with Gasteiger partial charge in [0.1, 0.15) is 0 Å². The molecule has 4 nitrogen and oxygen atoms in total. The number of halogens is 1. The van der Waals surface area contributed by atoms with Crippen molar-refractivity contribution in [3.8, 4) is 0 Å². The number of carbonyl (C=O) groups is 2. The maximum atomic E-state index is 12.4. The average molecular weight is 385 g/mol. The van der Waals surface area contributed by atoms with Gasteiger partial charge in [-0.1, -0.05) is 31.6 Å². The number of hydrogen-bond donors (Lipinski definition) is 1. The first-order valence-electron chi connectivity index (χ1n) is 8.77. The fraction of sp³-hybridized carbons (Fsp3) is 0.667. The summed E-state index contributed by atoms with van der Waals surface area (Å²) in [6.45, 7) is 3.20. The number of nitrogens with zero attached hydrogens (tertiary/aromatic N) is 1. The van der Waals surface area contributed by atoms with Gasteiger partial charge in [0.05, 0.1) is 4.61 Å². The van der Waals surface area contributed by atoms with E-state index < -0.39 is 11.8 Å². The molecule has 0 spiro atoms. The molecule has 1 aliphatic rings. The monoisotopic (exact) mass is 384 g/mol. The Balaban J connectivity index is 2.74. The van der Waals surface area contributed by atoms with Gasteiger partial charge in [0.2, 0.25) is 0 Å². The van der Waals surface area contributed by atoms with Crippen molar-refractivity contribution < 1.29 is 9.59 Å². The van der Waals surface area contributed by atoms with Gasteiger partial charge in [0.25, 0.3) is 0 Å². The largest absolute Gasteiger partial charge is 0.348 e. The second-order valence-corrected chi connectivity index (χ2v) is 6.66. The number of carbonyl (C=O) groups excluding carboxylic acids is 2. The van der Waals surface area contributed by atoms with Crippen molar-refractivity contribution >= 4 is 27.7 Å². The summed E-state index contributed by atoms with van der Waals surface area (Å²) in [5.74, 6) is -0.970. The molecule has 1 N–H and O–H groups in total. The van der Waals surface area contributed by atoms with Crippen LogP contribution in [0.15, 0.2) is 22.8 Å². The standard InChI is InChI=1S/C18H29BrN2O2/c1-2-3-15-21-16(19)13-11-9-7-5-4-6-8-10-12-14-20-17(22)18(21)23/h4,6,13H,2-3,5,7-12,14-15H2,1H3,(H,20,22)/b6-4-,16-13?. The summed E-state index contributed by atoms with van der Waals surface area (Å²) in [7, 11) is 0. The lowest BCUT2D eigenvalue weighted by atomic mass is 10.1. The first kappa shape index (κ1) is 19.9. The van der Waals surface area contributed by atoms with Crippen molar-refractivity contribution in [2.75, 3.05) is 13.1 Å². The second kappa shape index (κ2) is 12.3. The van der Waals surface area contributed by atoms with Crippen molar-refractivity contribution in [2.24, 2.45) is 0 Å². The zero-order chi connectivity index (χ0) is 16.9. The van der Waals surface area contributed by atoms with Gasteiger partial charge in [-0.3, -0.25) is 14.5 Å². The first-order chi connectivity index (χ1) is 11.2. The Morgan fingerprint density at radius 2 is 1.74 bits per heavy atom. The second-order valence-electron chi connectivity index (χ2n) is 5.84. The molecule has 0 radical (unpaired) electrons. The van der Waals surface area contributed by atoms with Crippen LogP contribution in [0.25, 0.3) is 0 Å². The minimum Gasteiger partial charge on any atom is -0.348 e. The van der Waals surface area contributed by atoms with Gasteiger partial charge in [-0.05, 0) is 67.3 Å². The highest BCUT2D eigenvalue weighted by atomic mass is 79.9. The van der Waals surface area contributed by atoms with Gasteiger partial charge in [-0.15, -0.1) is 0 Å². The molecule has 0 saturated carbocycles. The van der Waals surface area contributed by atoms with Crippen LogP contribution in [0.5, 0.6) is 0 Å². The van der Waals surface area contributed by atoms with E-state index in [0.29, 0.717) is 17.7 Å². The molecular weight excluding hydrogens is 356 g/mol. The molecule has 0 unspecified atom stereocenters. The van der Waals surface area contributed by atoms with Crippen LogP contribution in [-0.2, 0) is 9.59 Å². The van der Waals surface area contributed by atoms with E-state index in [1.807, 2.05) is 6.08 Å². The van der Waals surface area contributed by atoms with Crippen molar-refractivity contribution in [1.82, 2.24) is 10.2 Å². The van der Waals surface area contributed by atoms with Crippen LogP contribution < -0.4 is 5.32 Å². The Morgan fingerprint density at radius 3 is 2.43 bits per heavy atom. The molecule has 5 heteroatoms. The van der Waals surface area contributed by atoms with Gasteiger partial charge in [-0.25, -0.2) is 0 Å². The fourth-order valence-electron chi connectivity index (χ4n) is 2.38. The zero-order valence-electron chi connectivity index (χ0n) is 14.2. The van der Waals surface area contributed by atoms with Crippen LogP contribution in [0.3, 0.4) is 0 Å². The number of allylic oxidation sites excluding steroid dienone is 3. The molecular formula is C18H29BrN2O2. The van der Waals surface area contributed by atoms with E-state index in [2.05, 4.69) is 40.3 Å². The highest BCUT2D eigenvalue weighted by Gasteiger charge is 2.23. The van der Waals surface area contributed by atoms with E-state index in [1.165, 1.54) is 0 Å². The fourth-order valence-corrected chi connectivity index (χ4v) is 2.95. The molecule has 0 aromatic carbocycles. The summed E-state index contributed by atoms with van der Waals surface area (Å²) in [5, 5.41) is 2.74. The van der Waals surface area contributed by atoms with Crippen molar-refractivity contribution in [1.29, 1.82) is 0 Å². The smallest absolute Gasteiger partial charge is 0.316 e. The first-order valence-corrected chi connectivity index (χ1v) is 9.56. The third-order valence-corrected chi connectivity index (χ3v) is 4.57. The zero-order valence-corrected chi connectivity index (χ0v) is 15.7. The predicted octanol–water partition coefficient (Wildman–Crippen LogP) is 4.27. The van der Waals surface area contributed by atoms with Gasteiger partial charge in [0, 0.05) is 13.1 Å². The molecule has 1 rings (SSSR count).